The fraction of sp³-hybridized carbons (Fsp3) is 0.296. The maximum atomic E-state index is 13.7. The molecule has 1 aliphatic heterocycles. The van der Waals surface area contributed by atoms with Gasteiger partial charge in [-0.25, -0.2) is 8.42 Å². The summed E-state index contributed by atoms with van der Waals surface area (Å²) in [5.41, 5.74) is 2.17. The van der Waals surface area contributed by atoms with Crippen LogP contribution in [0.15, 0.2) is 77.7 Å². The number of carbonyl (C=O) groups excluding carboxylic acids is 1. The number of sulfonamides is 1. The first-order chi connectivity index (χ1) is 17.3. The molecule has 8 nitrogen and oxygen atoms in total. The van der Waals surface area contributed by atoms with Crippen LogP contribution in [0.3, 0.4) is 0 Å². The van der Waals surface area contributed by atoms with Crippen molar-refractivity contribution in [2.75, 3.05) is 56.1 Å². The molecule has 0 bridgehead atoms. The van der Waals surface area contributed by atoms with Crippen LogP contribution in [0.25, 0.3) is 0 Å². The second-order valence-electron chi connectivity index (χ2n) is 8.54. The van der Waals surface area contributed by atoms with Crippen molar-refractivity contribution in [1.29, 1.82) is 0 Å². The molecule has 0 unspecified atom stereocenters. The van der Waals surface area contributed by atoms with Gasteiger partial charge in [0.2, 0.25) is 5.91 Å². The highest BCUT2D eigenvalue weighted by Gasteiger charge is 2.32. The second kappa shape index (κ2) is 10.9. The third-order valence-electron chi connectivity index (χ3n) is 6.27. The number of hydrogen-bond donors (Lipinski definition) is 0. The summed E-state index contributed by atoms with van der Waals surface area (Å²) < 4.78 is 39.5. The van der Waals surface area contributed by atoms with Gasteiger partial charge in [-0.2, -0.15) is 0 Å². The van der Waals surface area contributed by atoms with Gasteiger partial charge in [0.05, 0.1) is 30.5 Å². The van der Waals surface area contributed by atoms with Crippen LogP contribution >= 0.6 is 0 Å². The molecule has 1 heterocycles. The molecule has 9 heteroatoms. The summed E-state index contributed by atoms with van der Waals surface area (Å²) in [4.78, 5) is 17.4. The first-order valence-electron chi connectivity index (χ1n) is 11.7. The molecule has 1 fully saturated rings. The number of hydrogen-bond acceptors (Lipinski definition) is 6. The van der Waals surface area contributed by atoms with E-state index >= 15 is 0 Å². The Morgan fingerprint density at radius 2 is 1.50 bits per heavy atom. The van der Waals surface area contributed by atoms with Gasteiger partial charge in [-0.3, -0.25) is 9.10 Å². The van der Waals surface area contributed by atoms with E-state index < -0.39 is 10.0 Å². The van der Waals surface area contributed by atoms with Gasteiger partial charge in [-0.1, -0.05) is 36.4 Å². The second-order valence-corrected chi connectivity index (χ2v) is 10.4. The zero-order chi connectivity index (χ0) is 25.7. The molecule has 0 saturated carbocycles. The van der Waals surface area contributed by atoms with E-state index in [0.717, 1.165) is 21.3 Å². The van der Waals surface area contributed by atoms with Gasteiger partial charge in [0.25, 0.3) is 10.0 Å². The van der Waals surface area contributed by atoms with Crippen LogP contribution in [0.1, 0.15) is 5.56 Å². The quantitative estimate of drug-likeness (QED) is 0.462. The molecular weight excluding hydrogens is 478 g/mol. The first kappa shape index (κ1) is 25.4. The highest BCUT2D eigenvalue weighted by atomic mass is 32.2. The summed E-state index contributed by atoms with van der Waals surface area (Å²) in [5, 5.41) is 0. The van der Waals surface area contributed by atoms with Crippen LogP contribution in [-0.2, 0) is 14.8 Å². The van der Waals surface area contributed by atoms with Gasteiger partial charge in [-0.15, -0.1) is 0 Å². The lowest BCUT2D eigenvalue weighted by Crippen LogP contribution is -2.52. The molecule has 0 aromatic heterocycles. The Bertz CT molecular complexity index is 1310. The number of methoxy groups -OCH3 is 2. The highest BCUT2D eigenvalue weighted by molar-refractivity contribution is 7.92. The summed E-state index contributed by atoms with van der Waals surface area (Å²) in [6.07, 6.45) is 0. The Kier molecular flexibility index (Phi) is 7.69. The molecule has 1 amide bonds. The summed E-state index contributed by atoms with van der Waals surface area (Å²) in [6, 6.07) is 21.2. The summed E-state index contributed by atoms with van der Waals surface area (Å²) in [7, 11) is -0.896. The van der Waals surface area contributed by atoms with Crippen molar-refractivity contribution in [1.82, 2.24) is 4.90 Å². The Morgan fingerprint density at radius 3 is 2.17 bits per heavy atom. The average Bonchev–Trinajstić information content (AvgIpc) is 2.92. The number of para-hydroxylation sites is 2. The lowest BCUT2D eigenvalue weighted by molar-refractivity contribution is -0.129. The Morgan fingerprint density at radius 1 is 0.861 bits per heavy atom. The number of piperazine rings is 1. The molecule has 190 valence electrons. The van der Waals surface area contributed by atoms with E-state index in [1.54, 1.807) is 42.3 Å². The molecule has 0 spiro atoms. The van der Waals surface area contributed by atoms with Crippen LogP contribution in [0.2, 0.25) is 0 Å². The predicted octanol–water partition coefficient (Wildman–Crippen LogP) is 3.56. The zero-order valence-electron chi connectivity index (χ0n) is 20.8. The summed E-state index contributed by atoms with van der Waals surface area (Å²) >= 11 is 0. The van der Waals surface area contributed by atoms with Crippen LogP contribution in [0.5, 0.6) is 11.5 Å². The van der Waals surface area contributed by atoms with Gasteiger partial charge in [0.15, 0.2) is 0 Å². The maximum absolute atomic E-state index is 13.7. The minimum atomic E-state index is -4.02. The van der Waals surface area contributed by atoms with Crippen molar-refractivity contribution in [3.63, 3.8) is 0 Å². The third-order valence-corrected chi connectivity index (χ3v) is 8.05. The molecule has 36 heavy (non-hydrogen) atoms. The van der Waals surface area contributed by atoms with Gasteiger partial charge in [0, 0.05) is 26.2 Å². The van der Waals surface area contributed by atoms with Gasteiger partial charge in [-0.05, 0) is 48.9 Å². The molecule has 1 saturated heterocycles. The number of amides is 1. The molecule has 3 aromatic carbocycles. The largest absolute Gasteiger partial charge is 0.495 e. The molecule has 0 radical (unpaired) electrons. The van der Waals surface area contributed by atoms with Gasteiger partial charge >= 0.3 is 0 Å². The monoisotopic (exact) mass is 509 g/mol. The van der Waals surface area contributed by atoms with E-state index in [1.165, 1.54) is 19.2 Å². The number of ether oxygens (including phenoxy) is 2. The van der Waals surface area contributed by atoms with Crippen LogP contribution < -0.4 is 18.7 Å². The Hall–Kier alpha value is -3.72. The normalized spacial score (nSPS) is 13.9. The van der Waals surface area contributed by atoms with Crippen molar-refractivity contribution in [2.24, 2.45) is 0 Å². The van der Waals surface area contributed by atoms with Gasteiger partial charge < -0.3 is 19.3 Å². The lowest BCUT2D eigenvalue weighted by Gasteiger charge is -2.37. The lowest BCUT2D eigenvalue weighted by atomic mass is 10.2. The fourth-order valence-corrected chi connectivity index (χ4v) is 5.76. The Labute approximate surface area is 212 Å². The maximum Gasteiger partial charge on any atom is 0.264 e. The number of rotatable bonds is 8. The standard InChI is InChI=1S/C27H31N3O5S/c1-21-13-14-26(35-3)24(19-21)30(36(32,33)22-9-5-4-6-10-22)20-27(31)29-17-15-28(16-18-29)23-11-7-8-12-25(23)34-2/h4-14,19H,15-18,20H2,1-3H3. The minimum absolute atomic E-state index is 0.113. The van der Waals surface area contributed by atoms with E-state index in [9.17, 15) is 13.2 Å². The zero-order valence-corrected chi connectivity index (χ0v) is 21.6. The molecule has 1 aliphatic rings. The molecule has 0 aliphatic carbocycles. The van der Waals surface area contributed by atoms with E-state index in [1.807, 2.05) is 37.3 Å². The summed E-state index contributed by atoms with van der Waals surface area (Å²) in [5.74, 6) is 0.899. The number of nitrogens with zero attached hydrogens (tertiary/aromatic N) is 3. The molecule has 0 N–H and O–H groups in total. The smallest absolute Gasteiger partial charge is 0.264 e. The number of carbonyl (C=O) groups is 1. The predicted molar refractivity (Wildman–Crippen MR) is 140 cm³/mol. The Balaban J connectivity index is 1.58. The average molecular weight is 510 g/mol. The van der Waals surface area contributed by atoms with Crippen molar-refractivity contribution in [3.8, 4) is 11.5 Å². The van der Waals surface area contributed by atoms with Crippen molar-refractivity contribution >= 4 is 27.3 Å². The highest BCUT2D eigenvalue weighted by Crippen LogP contribution is 2.34. The fourth-order valence-electron chi connectivity index (χ4n) is 4.32. The van der Waals surface area contributed by atoms with Crippen LogP contribution in [-0.4, -0.2) is 66.2 Å². The van der Waals surface area contributed by atoms with E-state index in [-0.39, 0.29) is 17.3 Å². The van der Waals surface area contributed by atoms with Crippen LogP contribution in [0.4, 0.5) is 11.4 Å². The molecule has 4 rings (SSSR count). The van der Waals surface area contributed by atoms with Crippen molar-refractivity contribution < 1.29 is 22.7 Å². The molecular formula is C27H31N3O5S. The number of anilines is 2. The minimum Gasteiger partial charge on any atom is -0.495 e. The van der Waals surface area contributed by atoms with Crippen molar-refractivity contribution in [2.45, 2.75) is 11.8 Å². The van der Waals surface area contributed by atoms with E-state index in [2.05, 4.69) is 4.90 Å². The topological polar surface area (TPSA) is 79.4 Å². The van der Waals surface area contributed by atoms with Crippen molar-refractivity contribution in [3.05, 3.63) is 78.4 Å². The molecule has 0 atom stereocenters. The third kappa shape index (κ3) is 5.26. The number of benzene rings is 3. The summed E-state index contributed by atoms with van der Waals surface area (Å²) in [6.45, 7) is 3.72. The van der Waals surface area contributed by atoms with E-state index in [4.69, 9.17) is 9.47 Å². The molecule has 3 aromatic rings. The van der Waals surface area contributed by atoms with E-state index in [0.29, 0.717) is 37.6 Å². The first-order valence-corrected chi connectivity index (χ1v) is 13.2. The van der Waals surface area contributed by atoms with Gasteiger partial charge in [0.1, 0.15) is 18.0 Å². The van der Waals surface area contributed by atoms with Crippen LogP contribution in [0, 0.1) is 6.92 Å². The number of aryl methyl sites for hydroxylation is 1. The SMILES string of the molecule is COc1ccccc1N1CCN(C(=O)CN(c2cc(C)ccc2OC)S(=O)(=O)c2ccccc2)CC1.